The third-order valence-electron chi connectivity index (χ3n) is 3.21. The van der Waals surface area contributed by atoms with Gasteiger partial charge in [0.2, 0.25) is 5.91 Å². The quantitative estimate of drug-likeness (QED) is 0.848. The normalized spacial score (nSPS) is 10.9. The number of nitrogens with one attached hydrogen (secondary N) is 1. The van der Waals surface area contributed by atoms with Gasteiger partial charge in [-0.2, -0.15) is 13.9 Å². The fourth-order valence-electron chi connectivity index (χ4n) is 2.10. The maximum Gasteiger partial charge on any atom is 0.387 e. The molecule has 1 amide bonds. The Labute approximate surface area is 140 Å². The standard InChI is InChI=1S/C15H16BrF2N3O2/c1-8-4-5-12(23-15(17)18)11(6-8)19-13(22)7-21-10(3)14(16)9(2)20-21/h4-6,15H,7H2,1-3H3,(H,19,22). The first-order valence-electron chi connectivity index (χ1n) is 6.82. The zero-order chi connectivity index (χ0) is 17.1. The molecule has 1 aromatic carbocycles. The van der Waals surface area contributed by atoms with E-state index in [0.717, 1.165) is 21.4 Å². The van der Waals surface area contributed by atoms with Gasteiger partial charge in [-0.1, -0.05) is 6.07 Å². The molecule has 8 heteroatoms. The number of aromatic nitrogens is 2. The number of amides is 1. The molecular formula is C15H16BrF2N3O2. The van der Waals surface area contributed by atoms with Gasteiger partial charge >= 0.3 is 6.61 Å². The molecule has 0 bridgehead atoms. The second kappa shape index (κ2) is 7.08. The first kappa shape index (κ1) is 17.4. The van der Waals surface area contributed by atoms with Gasteiger partial charge in [0.15, 0.2) is 0 Å². The van der Waals surface area contributed by atoms with E-state index in [0.29, 0.717) is 0 Å². The van der Waals surface area contributed by atoms with E-state index in [1.54, 1.807) is 19.1 Å². The van der Waals surface area contributed by atoms with Crippen molar-refractivity contribution >= 4 is 27.5 Å². The lowest BCUT2D eigenvalue weighted by Crippen LogP contribution is -2.21. The summed E-state index contributed by atoms with van der Waals surface area (Å²) in [4.78, 5) is 12.2. The van der Waals surface area contributed by atoms with Crippen molar-refractivity contribution in [2.24, 2.45) is 0 Å². The Morgan fingerprint density at radius 3 is 2.65 bits per heavy atom. The van der Waals surface area contributed by atoms with Crippen LogP contribution in [-0.2, 0) is 11.3 Å². The van der Waals surface area contributed by atoms with Crippen molar-refractivity contribution in [2.45, 2.75) is 33.9 Å². The molecule has 1 N–H and O–H groups in total. The third-order valence-corrected chi connectivity index (χ3v) is 4.36. The van der Waals surface area contributed by atoms with Gasteiger partial charge in [0.1, 0.15) is 12.3 Å². The van der Waals surface area contributed by atoms with Crippen molar-refractivity contribution in [3.05, 3.63) is 39.6 Å². The molecule has 0 fully saturated rings. The number of rotatable bonds is 5. The van der Waals surface area contributed by atoms with Gasteiger partial charge in [-0.05, 0) is 54.4 Å². The van der Waals surface area contributed by atoms with Gasteiger partial charge in [0, 0.05) is 0 Å². The first-order valence-corrected chi connectivity index (χ1v) is 7.62. The smallest absolute Gasteiger partial charge is 0.387 e. The minimum absolute atomic E-state index is 0.0274. The number of anilines is 1. The molecule has 1 aromatic heterocycles. The lowest BCUT2D eigenvalue weighted by Gasteiger charge is -2.13. The summed E-state index contributed by atoms with van der Waals surface area (Å²) in [5.41, 5.74) is 2.60. The van der Waals surface area contributed by atoms with Crippen LogP contribution < -0.4 is 10.1 Å². The maximum absolute atomic E-state index is 12.4. The van der Waals surface area contributed by atoms with E-state index in [-0.39, 0.29) is 23.9 Å². The van der Waals surface area contributed by atoms with Crippen LogP contribution in [0.1, 0.15) is 17.0 Å². The Bertz CT molecular complexity index is 732. The molecule has 0 aliphatic heterocycles. The van der Waals surface area contributed by atoms with E-state index in [9.17, 15) is 13.6 Å². The highest BCUT2D eigenvalue weighted by Crippen LogP contribution is 2.27. The molecule has 0 unspecified atom stereocenters. The van der Waals surface area contributed by atoms with Crippen LogP contribution in [0.5, 0.6) is 5.75 Å². The van der Waals surface area contributed by atoms with Crippen molar-refractivity contribution in [2.75, 3.05) is 5.32 Å². The largest absolute Gasteiger partial charge is 0.433 e. The monoisotopic (exact) mass is 387 g/mol. The van der Waals surface area contributed by atoms with E-state index in [4.69, 9.17) is 0 Å². The summed E-state index contributed by atoms with van der Waals surface area (Å²) in [6, 6.07) is 4.61. The van der Waals surface area contributed by atoms with Gasteiger partial charge in [-0.3, -0.25) is 9.48 Å². The lowest BCUT2D eigenvalue weighted by atomic mass is 10.2. The molecule has 124 valence electrons. The molecule has 0 saturated carbocycles. The van der Waals surface area contributed by atoms with Crippen molar-refractivity contribution in [1.82, 2.24) is 9.78 Å². The van der Waals surface area contributed by atoms with Crippen LogP contribution in [0.3, 0.4) is 0 Å². The summed E-state index contributed by atoms with van der Waals surface area (Å²) >= 11 is 3.39. The molecular weight excluding hydrogens is 372 g/mol. The summed E-state index contributed by atoms with van der Waals surface area (Å²) in [7, 11) is 0. The van der Waals surface area contributed by atoms with Gasteiger partial charge in [-0.25, -0.2) is 0 Å². The number of carbonyl (C=O) groups excluding carboxylic acids is 1. The van der Waals surface area contributed by atoms with Crippen LogP contribution in [0.15, 0.2) is 22.7 Å². The van der Waals surface area contributed by atoms with E-state index in [2.05, 4.69) is 31.1 Å². The average Bonchev–Trinajstić information content (AvgIpc) is 2.69. The van der Waals surface area contributed by atoms with Crippen LogP contribution in [0.25, 0.3) is 0 Å². The van der Waals surface area contributed by atoms with Crippen LogP contribution in [0.2, 0.25) is 0 Å². The van der Waals surface area contributed by atoms with E-state index < -0.39 is 6.61 Å². The Hall–Kier alpha value is -1.96. The summed E-state index contributed by atoms with van der Waals surface area (Å²) in [6.45, 7) is 2.45. The van der Waals surface area contributed by atoms with Gasteiger partial charge in [0.25, 0.3) is 0 Å². The van der Waals surface area contributed by atoms with Crippen LogP contribution in [0.4, 0.5) is 14.5 Å². The zero-order valence-electron chi connectivity index (χ0n) is 12.9. The number of aryl methyl sites for hydroxylation is 2. The third kappa shape index (κ3) is 4.28. The van der Waals surface area contributed by atoms with E-state index in [1.165, 1.54) is 10.7 Å². The maximum atomic E-state index is 12.4. The van der Waals surface area contributed by atoms with Crippen LogP contribution >= 0.6 is 15.9 Å². The van der Waals surface area contributed by atoms with Gasteiger partial charge < -0.3 is 10.1 Å². The number of hydrogen-bond donors (Lipinski definition) is 1. The minimum atomic E-state index is -2.96. The van der Waals surface area contributed by atoms with Crippen LogP contribution in [-0.4, -0.2) is 22.3 Å². The predicted molar refractivity (Wildman–Crippen MR) is 85.8 cm³/mol. The van der Waals surface area contributed by atoms with Crippen molar-refractivity contribution in [1.29, 1.82) is 0 Å². The predicted octanol–water partition coefficient (Wildman–Crippen LogP) is 3.81. The Balaban J connectivity index is 2.16. The number of ether oxygens (including phenoxy) is 1. The number of alkyl halides is 2. The van der Waals surface area contributed by atoms with Crippen LogP contribution in [0, 0.1) is 20.8 Å². The second-order valence-electron chi connectivity index (χ2n) is 5.07. The molecule has 23 heavy (non-hydrogen) atoms. The van der Waals surface area contributed by atoms with Gasteiger partial charge in [-0.15, -0.1) is 0 Å². The SMILES string of the molecule is Cc1ccc(OC(F)F)c(NC(=O)Cn2nc(C)c(Br)c2C)c1. The highest BCUT2D eigenvalue weighted by atomic mass is 79.9. The van der Waals surface area contributed by atoms with Crippen molar-refractivity contribution in [3.63, 3.8) is 0 Å². The summed E-state index contributed by atoms with van der Waals surface area (Å²) in [5, 5.41) is 6.83. The number of hydrogen-bond acceptors (Lipinski definition) is 3. The molecule has 5 nitrogen and oxygen atoms in total. The molecule has 0 saturated heterocycles. The highest BCUT2D eigenvalue weighted by molar-refractivity contribution is 9.10. The molecule has 0 atom stereocenters. The minimum Gasteiger partial charge on any atom is -0.433 e. The molecule has 0 aliphatic carbocycles. The molecule has 0 radical (unpaired) electrons. The highest BCUT2D eigenvalue weighted by Gasteiger charge is 2.15. The summed E-state index contributed by atoms with van der Waals surface area (Å²) in [5.74, 6) is -0.457. The second-order valence-corrected chi connectivity index (χ2v) is 5.86. The number of nitrogens with zero attached hydrogens (tertiary/aromatic N) is 2. The zero-order valence-corrected chi connectivity index (χ0v) is 14.4. The fraction of sp³-hybridized carbons (Fsp3) is 0.333. The first-order chi connectivity index (χ1) is 10.8. The van der Waals surface area contributed by atoms with Crippen molar-refractivity contribution < 1.29 is 18.3 Å². The number of benzene rings is 1. The molecule has 1 heterocycles. The molecule has 0 aliphatic rings. The molecule has 2 rings (SSSR count). The number of halogens is 3. The average molecular weight is 388 g/mol. The van der Waals surface area contributed by atoms with E-state index >= 15 is 0 Å². The fourth-order valence-corrected chi connectivity index (χ4v) is 2.38. The Morgan fingerprint density at radius 1 is 1.39 bits per heavy atom. The Kier molecular flexibility index (Phi) is 5.35. The Morgan fingerprint density at radius 2 is 2.09 bits per heavy atom. The van der Waals surface area contributed by atoms with Crippen molar-refractivity contribution in [3.8, 4) is 5.75 Å². The summed E-state index contributed by atoms with van der Waals surface area (Å²) in [6.07, 6.45) is 0. The number of carbonyl (C=O) groups is 1. The molecule has 0 spiro atoms. The lowest BCUT2D eigenvalue weighted by molar-refractivity contribution is -0.117. The topological polar surface area (TPSA) is 56.1 Å². The molecule has 2 aromatic rings. The summed E-state index contributed by atoms with van der Waals surface area (Å²) < 4.78 is 31.7. The van der Waals surface area contributed by atoms with E-state index in [1.807, 2.05) is 13.8 Å². The van der Waals surface area contributed by atoms with Gasteiger partial charge in [0.05, 0.1) is 21.5 Å².